The molecular weight excluding hydrogens is 200 g/mol. The number of hydrogen-bond donors (Lipinski definition) is 4. The van der Waals surface area contributed by atoms with Gasteiger partial charge in [0, 0.05) is 11.8 Å². The van der Waals surface area contributed by atoms with Crippen molar-refractivity contribution in [2.75, 3.05) is 26.4 Å². The van der Waals surface area contributed by atoms with Crippen molar-refractivity contribution in [2.45, 2.75) is 26.1 Å². The Bertz CT molecular complexity index is 133. The molecule has 4 atom stereocenters. The van der Waals surface area contributed by atoms with Crippen LogP contribution < -0.4 is 0 Å². The molecule has 92 valence electrons. The fourth-order valence-corrected chi connectivity index (χ4v) is 1.06. The van der Waals surface area contributed by atoms with Crippen molar-refractivity contribution in [1.29, 1.82) is 0 Å². The zero-order chi connectivity index (χ0) is 11.8. The molecule has 0 saturated carbocycles. The van der Waals surface area contributed by atoms with Crippen LogP contribution in [0.2, 0.25) is 0 Å². The van der Waals surface area contributed by atoms with Gasteiger partial charge in [-0.1, -0.05) is 0 Å². The molecular formula is C10H22O5. The maximum absolute atomic E-state index is 9.20. The minimum Gasteiger partial charge on any atom is -0.396 e. The van der Waals surface area contributed by atoms with E-state index >= 15 is 0 Å². The first-order chi connectivity index (χ1) is 7.02. The van der Waals surface area contributed by atoms with Crippen LogP contribution in [0.15, 0.2) is 0 Å². The molecule has 0 aromatic heterocycles. The van der Waals surface area contributed by atoms with Gasteiger partial charge in [0.15, 0.2) is 0 Å². The van der Waals surface area contributed by atoms with E-state index in [2.05, 4.69) is 0 Å². The van der Waals surface area contributed by atoms with Crippen molar-refractivity contribution in [3.63, 3.8) is 0 Å². The van der Waals surface area contributed by atoms with Gasteiger partial charge in [-0.25, -0.2) is 0 Å². The molecule has 0 spiro atoms. The molecule has 0 radical (unpaired) electrons. The Morgan fingerprint density at radius 3 is 1.40 bits per heavy atom. The smallest absolute Gasteiger partial charge is 0.0584 e. The first-order valence-corrected chi connectivity index (χ1v) is 5.18. The van der Waals surface area contributed by atoms with Gasteiger partial charge in [-0.05, 0) is 13.8 Å². The van der Waals surface area contributed by atoms with Gasteiger partial charge in [0.2, 0.25) is 0 Å². The van der Waals surface area contributed by atoms with E-state index in [1.807, 2.05) is 0 Å². The average molecular weight is 222 g/mol. The van der Waals surface area contributed by atoms with Crippen LogP contribution in [0.3, 0.4) is 0 Å². The second-order valence-electron chi connectivity index (χ2n) is 3.90. The normalized spacial score (nSPS) is 19.6. The molecule has 4 unspecified atom stereocenters. The Kier molecular flexibility index (Phi) is 7.90. The molecule has 0 amide bonds. The highest BCUT2D eigenvalue weighted by Crippen LogP contribution is 2.07. The molecule has 5 nitrogen and oxygen atoms in total. The van der Waals surface area contributed by atoms with Crippen molar-refractivity contribution < 1.29 is 25.2 Å². The van der Waals surface area contributed by atoms with Crippen LogP contribution in [0.25, 0.3) is 0 Å². The first kappa shape index (κ1) is 14.8. The zero-order valence-electron chi connectivity index (χ0n) is 9.33. The van der Waals surface area contributed by atoms with E-state index in [0.717, 1.165) is 0 Å². The molecule has 4 N–H and O–H groups in total. The predicted octanol–water partition coefficient (Wildman–Crippen LogP) is -1.02. The Morgan fingerprint density at radius 1 is 0.867 bits per heavy atom. The molecule has 0 aliphatic rings. The Labute approximate surface area is 90.3 Å². The highest BCUT2D eigenvalue weighted by molar-refractivity contribution is 4.65. The van der Waals surface area contributed by atoms with Crippen molar-refractivity contribution in [1.82, 2.24) is 0 Å². The molecule has 5 heteroatoms. The summed E-state index contributed by atoms with van der Waals surface area (Å²) in [7, 11) is 0. The number of aliphatic hydroxyl groups excluding tert-OH is 4. The quantitative estimate of drug-likeness (QED) is 0.422. The van der Waals surface area contributed by atoms with Crippen LogP contribution in [-0.4, -0.2) is 59.1 Å². The summed E-state index contributed by atoms with van der Waals surface area (Å²) in [5.74, 6) is -0.642. The standard InChI is InChI=1S/C10H22O5/c1-7(13)9(3-11)5-15-6-10(4-12)8(2)14/h7-14H,3-6H2,1-2H3. The number of hydrogen-bond acceptors (Lipinski definition) is 5. The van der Waals surface area contributed by atoms with Gasteiger partial charge < -0.3 is 25.2 Å². The lowest BCUT2D eigenvalue weighted by Gasteiger charge is -2.21. The van der Waals surface area contributed by atoms with E-state index in [-0.39, 0.29) is 38.3 Å². The summed E-state index contributed by atoms with van der Waals surface area (Å²) < 4.78 is 5.22. The summed E-state index contributed by atoms with van der Waals surface area (Å²) in [4.78, 5) is 0. The van der Waals surface area contributed by atoms with Crippen molar-refractivity contribution in [3.05, 3.63) is 0 Å². The average Bonchev–Trinajstić information content (AvgIpc) is 2.17. The van der Waals surface area contributed by atoms with Gasteiger partial charge in [-0.3, -0.25) is 0 Å². The highest BCUT2D eigenvalue weighted by Gasteiger charge is 2.17. The van der Waals surface area contributed by atoms with Gasteiger partial charge >= 0.3 is 0 Å². The van der Waals surface area contributed by atoms with Crippen LogP contribution in [0.1, 0.15) is 13.8 Å². The fraction of sp³-hybridized carbons (Fsp3) is 1.00. The van der Waals surface area contributed by atoms with Gasteiger partial charge in [-0.15, -0.1) is 0 Å². The van der Waals surface area contributed by atoms with E-state index in [4.69, 9.17) is 14.9 Å². The van der Waals surface area contributed by atoms with Crippen LogP contribution >= 0.6 is 0 Å². The molecule has 0 aromatic rings. The van der Waals surface area contributed by atoms with Gasteiger partial charge in [0.25, 0.3) is 0 Å². The molecule has 0 aliphatic heterocycles. The SMILES string of the molecule is CC(O)C(CO)COCC(CO)C(C)O. The van der Waals surface area contributed by atoms with Gasteiger partial charge in [-0.2, -0.15) is 0 Å². The molecule has 0 rings (SSSR count). The monoisotopic (exact) mass is 222 g/mol. The molecule has 0 fully saturated rings. The second-order valence-corrected chi connectivity index (χ2v) is 3.90. The van der Waals surface area contributed by atoms with Crippen LogP contribution in [0, 0.1) is 11.8 Å². The lowest BCUT2D eigenvalue weighted by molar-refractivity contribution is -0.0293. The third-order valence-corrected chi connectivity index (χ3v) is 2.50. The summed E-state index contributed by atoms with van der Waals surface area (Å²) in [6.45, 7) is 3.33. The summed E-state index contributed by atoms with van der Waals surface area (Å²) in [6.07, 6.45) is -1.26. The van der Waals surface area contributed by atoms with E-state index in [9.17, 15) is 10.2 Å². The number of rotatable bonds is 8. The summed E-state index contributed by atoms with van der Waals surface area (Å²) in [5.41, 5.74) is 0. The summed E-state index contributed by atoms with van der Waals surface area (Å²) >= 11 is 0. The third kappa shape index (κ3) is 6.06. The Hall–Kier alpha value is -0.200. The molecule has 0 heterocycles. The topological polar surface area (TPSA) is 90.2 Å². The largest absolute Gasteiger partial charge is 0.396 e. The fourth-order valence-electron chi connectivity index (χ4n) is 1.06. The van der Waals surface area contributed by atoms with Crippen molar-refractivity contribution >= 4 is 0 Å². The third-order valence-electron chi connectivity index (χ3n) is 2.50. The maximum Gasteiger partial charge on any atom is 0.0584 e. The van der Waals surface area contributed by atoms with E-state index in [1.165, 1.54) is 0 Å². The van der Waals surface area contributed by atoms with E-state index in [1.54, 1.807) is 13.8 Å². The summed E-state index contributed by atoms with van der Waals surface area (Å²) in [5, 5.41) is 36.2. The van der Waals surface area contributed by atoms with Crippen molar-refractivity contribution in [3.8, 4) is 0 Å². The Balaban J connectivity index is 3.75. The minimum atomic E-state index is -0.630. The van der Waals surface area contributed by atoms with Gasteiger partial charge in [0.05, 0.1) is 38.6 Å². The molecule has 0 bridgehead atoms. The van der Waals surface area contributed by atoms with E-state index in [0.29, 0.717) is 0 Å². The van der Waals surface area contributed by atoms with Crippen LogP contribution in [0.5, 0.6) is 0 Å². The zero-order valence-corrected chi connectivity index (χ0v) is 9.33. The summed E-state index contributed by atoms with van der Waals surface area (Å²) in [6, 6.07) is 0. The molecule has 0 aliphatic carbocycles. The minimum absolute atomic E-state index is 0.143. The van der Waals surface area contributed by atoms with Crippen molar-refractivity contribution in [2.24, 2.45) is 11.8 Å². The number of ether oxygens (including phenoxy) is 1. The molecule has 0 saturated heterocycles. The van der Waals surface area contributed by atoms with Crippen LogP contribution in [-0.2, 0) is 4.74 Å². The maximum atomic E-state index is 9.20. The Morgan fingerprint density at radius 2 is 1.20 bits per heavy atom. The molecule has 0 aromatic carbocycles. The predicted molar refractivity (Wildman–Crippen MR) is 55.3 cm³/mol. The second kappa shape index (κ2) is 8.01. The van der Waals surface area contributed by atoms with E-state index < -0.39 is 12.2 Å². The van der Waals surface area contributed by atoms with Gasteiger partial charge in [0.1, 0.15) is 0 Å². The lowest BCUT2D eigenvalue weighted by atomic mass is 10.1. The molecule has 15 heavy (non-hydrogen) atoms. The first-order valence-electron chi connectivity index (χ1n) is 5.18. The number of aliphatic hydroxyl groups is 4. The highest BCUT2D eigenvalue weighted by atomic mass is 16.5. The lowest BCUT2D eigenvalue weighted by Crippen LogP contribution is -2.30. The van der Waals surface area contributed by atoms with Crippen LogP contribution in [0.4, 0.5) is 0 Å².